The molecule has 0 aromatic heterocycles. The number of aliphatic hydroxyl groups excluding tert-OH is 2. The lowest BCUT2D eigenvalue weighted by Crippen LogP contribution is -2.52. The number of piperidine rings is 1. The smallest absolute Gasteiger partial charge is 0.131 e. The molecule has 2 rings (SSSR count). The van der Waals surface area contributed by atoms with E-state index in [4.69, 9.17) is 0 Å². The highest BCUT2D eigenvalue weighted by Crippen LogP contribution is 2.30. The number of rotatable bonds is 5. The summed E-state index contributed by atoms with van der Waals surface area (Å²) in [5, 5.41) is 20.5. The lowest BCUT2D eigenvalue weighted by atomic mass is 9.87. The molecule has 0 spiro atoms. The van der Waals surface area contributed by atoms with Gasteiger partial charge in [0.2, 0.25) is 0 Å². The fourth-order valence-electron chi connectivity index (χ4n) is 3.23. The molecule has 4 atom stereocenters. The molecule has 1 heterocycles. The molecule has 1 aliphatic rings. The monoisotopic (exact) mass is 291 g/mol. The summed E-state index contributed by atoms with van der Waals surface area (Å²) < 4.78 is 0. The van der Waals surface area contributed by atoms with E-state index >= 15 is 0 Å². The van der Waals surface area contributed by atoms with Crippen LogP contribution in [-0.2, 0) is 4.79 Å². The average Bonchev–Trinajstić information content (AvgIpc) is 2.47. The van der Waals surface area contributed by atoms with Gasteiger partial charge in [-0.3, -0.25) is 9.69 Å². The van der Waals surface area contributed by atoms with Gasteiger partial charge < -0.3 is 10.2 Å². The standard InChI is InChI=1S/C17H25NO3/c1-12(19)10-15-16(20)9-8-14(18(15)2)11-17(21)13-6-4-3-5-7-13/h3-7,14-17,20-21H,8-11H2,1-2H3/t14-,15-,16-,17-/m0/s1. The van der Waals surface area contributed by atoms with Crippen LogP contribution in [0.3, 0.4) is 0 Å². The van der Waals surface area contributed by atoms with Crippen LogP contribution in [0.1, 0.15) is 44.3 Å². The Morgan fingerprint density at radius 1 is 1.33 bits per heavy atom. The highest BCUT2D eigenvalue weighted by atomic mass is 16.3. The zero-order valence-electron chi connectivity index (χ0n) is 12.8. The largest absolute Gasteiger partial charge is 0.391 e. The van der Waals surface area contributed by atoms with Crippen molar-refractivity contribution in [1.82, 2.24) is 4.90 Å². The molecule has 2 N–H and O–H groups in total. The predicted octanol–water partition coefficient (Wildman–Crippen LogP) is 1.91. The second-order valence-corrected chi connectivity index (χ2v) is 6.10. The minimum atomic E-state index is -0.508. The molecular weight excluding hydrogens is 266 g/mol. The molecule has 1 aromatic carbocycles. The molecule has 0 amide bonds. The topological polar surface area (TPSA) is 60.8 Å². The molecule has 0 saturated carbocycles. The van der Waals surface area contributed by atoms with E-state index in [0.717, 1.165) is 12.0 Å². The molecule has 0 aliphatic carbocycles. The summed E-state index contributed by atoms with van der Waals surface area (Å²) in [4.78, 5) is 13.4. The van der Waals surface area contributed by atoms with Crippen LogP contribution in [0.4, 0.5) is 0 Å². The van der Waals surface area contributed by atoms with Crippen molar-refractivity contribution in [2.24, 2.45) is 0 Å². The second kappa shape index (κ2) is 7.16. The Kier molecular flexibility index (Phi) is 5.51. The van der Waals surface area contributed by atoms with E-state index in [9.17, 15) is 15.0 Å². The van der Waals surface area contributed by atoms with Gasteiger partial charge in [0.15, 0.2) is 0 Å². The van der Waals surface area contributed by atoms with Crippen LogP contribution in [0.5, 0.6) is 0 Å². The zero-order chi connectivity index (χ0) is 15.4. The Morgan fingerprint density at radius 3 is 2.62 bits per heavy atom. The number of carbonyl (C=O) groups excluding carboxylic acids is 1. The molecular formula is C17H25NO3. The Hall–Kier alpha value is -1.23. The van der Waals surface area contributed by atoms with E-state index in [0.29, 0.717) is 19.3 Å². The van der Waals surface area contributed by atoms with Gasteiger partial charge in [-0.15, -0.1) is 0 Å². The fraction of sp³-hybridized carbons (Fsp3) is 0.588. The minimum absolute atomic E-state index is 0.0927. The van der Waals surface area contributed by atoms with Gasteiger partial charge in [0.05, 0.1) is 12.2 Å². The first-order chi connectivity index (χ1) is 9.99. The fourth-order valence-corrected chi connectivity index (χ4v) is 3.23. The number of likely N-dealkylation sites (tertiary alicyclic amines) is 1. The number of hydrogen-bond acceptors (Lipinski definition) is 4. The van der Waals surface area contributed by atoms with Crippen LogP contribution in [0, 0.1) is 0 Å². The van der Waals surface area contributed by atoms with Crippen LogP contribution in [-0.4, -0.2) is 46.1 Å². The van der Waals surface area contributed by atoms with E-state index in [1.54, 1.807) is 6.92 Å². The van der Waals surface area contributed by atoms with E-state index in [1.165, 1.54) is 0 Å². The maximum Gasteiger partial charge on any atom is 0.131 e. The Morgan fingerprint density at radius 2 is 2.00 bits per heavy atom. The van der Waals surface area contributed by atoms with Gasteiger partial charge in [-0.25, -0.2) is 0 Å². The lowest BCUT2D eigenvalue weighted by molar-refractivity contribution is -0.120. The molecule has 21 heavy (non-hydrogen) atoms. The van der Waals surface area contributed by atoms with Crippen molar-refractivity contribution in [3.05, 3.63) is 35.9 Å². The van der Waals surface area contributed by atoms with Crippen molar-refractivity contribution >= 4 is 5.78 Å². The molecule has 1 aromatic rings. The summed E-state index contributed by atoms with van der Waals surface area (Å²) in [6, 6.07) is 9.68. The predicted molar refractivity (Wildman–Crippen MR) is 81.9 cm³/mol. The summed E-state index contributed by atoms with van der Waals surface area (Å²) >= 11 is 0. The highest BCUT2D eigenvalue weighted by molar-refractivity contribution is 5.76. The second-order valence-electron chi connectivity index (χ2n) is 6.10. The van der Waals surface area contributed by atoms with Gasteiger partial charge in [-0.2, -0.15) is 0 Å². The summed E-state index contributed by atoms with van der Waals surface area (Å²) in [5.74, 6) is 0.0927. The Labute approximate surface area is 126 Å². The normalized spacial score (nSPS) is 28.3. The number of ketones is 1. The highest BCUT2D eigenvalue weighted by Gasteiger charge is 2.35. The number of likely N-dealkylation sites (N-methyl/N-ethyl adjacent to an activating group) is 1. The molecule has 116 valence electrons. The van der Waals surface area contributed by atoms with Gasteiger partial charge >= 0.3 is 0 Å². The molecule has 1 aliphatic heterocycles. The van der Waals surface area contributed by atoms with Gasteiger partial charge in [0.1, 0.15) is 5.78 Å². The molecule has 0 radical (unpaired) electrons. The van der Waals surface area contributed by atoms with Crippen LogP contribution >= 0.6 is 0 Å². The SMILES string of the molecule is CC(=O)C[C@H]1[C@@H](O)CC[C@@H](C[C@H](O)c2ccccc2)N1C. The van der Waals surface area contributed by atoms with Crippen LogP contribution in [0.2, 0.25) is 0 Å². The molecule has 4 nitrogen and oxygen atoms in total. The summed E-state index contributed by atoms with van der Waals surface area (Å²) in [6.45, 7) is 1.56. The number of aliphatic hydroxyl groups is 2. The van der Waals surface area contributed by atoms with Gasteiger partial charge in [0, 0.05) is 18.5 Å². The van der Waals surface area contributed by atoms with Crippen LogP contribution in [0.15, 0.2) is 30.3 Å². The van der Waals surface area contributed by atoms with Crippen LogP contribution < -0.4 is 0 Å². The minimum Gasteiger partial charge on any atom is -0.391 e. The van der Waals surface area contributed by atoms with Crippen LogP contribution in [0.25, 0.3) is 0 Å². The molecule has 0 bridgehead atoms. The third-order valence-electron chi connectivity index (χ3n) is 4.52. The quantitative estimate of drug-likeness (QED) is 0.870. The van der Waals surface area contributed by atoms with Gasteiger partial charge in [-0.05, 0) is 38.8 Å². The molecule has 1 fully saturated rings. The van der Waals surface area contributed by atoms with Gasteiger partial charge in [-0.1, -0.05) is 30.3 Å². The Bertz CT molecular complexity index is 462. The lowest BCUT2D eigenvalue weighted by Gasteiger charge is -2.43. The number of Topliss-reactive ketones (excluding diaryl/α,β-unsaturated/α-hetero) is 1. The number of nitrogens with zero attached hydrogens (tertiary/aromatic N) is 1. The number of benzene rings is 1. The number of hydrogen-bond donors (Lipinski definition) is 2. The first kappa shape index (κ1) is 16.1. The van der Waals surface area contributed by atoms with E-state index < -0.39 is 12.2 Å². The third-order valence-corrected chi connectivity index (χ3v) is 4.52. The molecule has 0 unspecified atom stereocenters. The zero-order valence-corrected chi connectivity index (χ0v) is 12.8. The van der Waals surface area contributed by atoms with Crippen molar-refractivity contribution in [1.29, 1.82) is 0 Å². The maximum atomic E-state index is 11.4. The first-order valence-electron chi connectivity index (χ1n) is 7.61. The van der Waals surface area contributed by atoms with Crippen molar-refractivity contribution in [2.45, 2.75) is 56.9 Å². The summed E-state index contributed by atoms with van der Waals surface area (Å²) in [7, 11) is 1.94. The summed E-state index contributed by atoms with van der Waals surface area (Å²) in [5.41, 5.74) is 0.917. The third kappa shape index (κ3) is 4.13. The summed E-state index contributed by atoms with van der Waals surface area (Å²) in [6.07, 6.45) is 1.57. The Balaban J connectivity index is 2.01. The maximum absolute atomic E-state index is 11.4. The molecule has 1 saturated heterocycles. The number of carbonyl (C=O) groups is 1. The molecule has 4 heteroatoms. The van der Waals surface area contributed by atoms with Crippen molar-refractivity contribution in [3.63, 3.8) is 0 Å². The van der Waals surface area contributed by atoms with Crippen molar-refractivity contribution in [2.75, 3.05) is 7.05 Å². The van der Waals surface area contributed by atoms with Crippen molar-refractivity contribution in [3.8, 4) is 0 Å². The van der Waals surface area contributed by atoms with Crippen molar-refractivity contribution < 1.29 is 15.0 Å². The van der Waals surface area contributed by atoms with E-state index in [-0.39, 0.29) is 17.9 Å². The van der Waals surface area contributed by atoms with E-state index in [2.05, 4.69) is 4.90 Å². The average molecular weight is 291 g/mol. The van der Waals surface area contributed by atoms with Gasteiger partial charge in [0.25, 0.3) is 0 Å². The first-order valence-corrected chi connectivity index (χ1v) is 7.61. The van der Waals surface area contributed by atoms with E-state index in [1.807, 2.05) is 37.4 Å².